The SMILES string of the molecule is CCc1c(N)ncnc1Nc1ccccc1Cl. The van der Waals surface area contributed by atoms with Crippen LogP contribution in [0, 0.1) is 0 Å². The first kappa shape index (κ1) is 11.7. The highest BCUT2D eigenvalue weighted by Crippen LogP contribution is 2.27. The molecule has 0 amide bonds. The molecule has 0 bridgehead atoms. The second-order valence-electron chi connectivity index (χ2n) is 3.54. The van der Waals surface area contributed by atoms with Crippen molar-refractivity contribution in [2.24, 2.45) is 0 Å². The molecular formula is C12H13ClN4. The fourth-order valence-corrected chi connectivity index (χ4v) is 1.76. The number of hydrogen-bond donors (Lipinski definition) is 2. The molecule has 0 unspecified atom stereocenters. The van der Waals surface area contributed by atoms with Crippen LogP contribution in [0.2, 0.25) is 5.02 Å². The third-order valence-electron chi connectivity index (χ3n) is 2.46. The summed E-state index contributed by atoms with van der Waals surface area (Å²) >= 11 is 6.07. The number of nitrogens with two attached hydrogens (primary N) is 1. The van der Waals surface area contributed by atoms with Gasteiger partial charge < -0.3 is 11.1 Å². The molecule has 4 nitrogen and oxygen atoms in total. The van der Waals surface area contributed by atoms with Gasteiger partial charge in [-0.3, -0.25) is 0 Å². The first-order chi connectivity index (χ1) is 8.22. The standard InChI is InChI=1S/C12H13ClN4/c1-2-8-11(14)15-7-16-12(8)17-10-6-4-3-5-9(10)13/h3-7H,2H2,1H3,(H3,14,15,16,17). The van der Waals surface area contributed by atoms with Crippen LogP contribution in [-0.2, 0) is 6.42 Å². The maximum Gasteiger partial charge on any atom is 0.139 e. The number of nitrogens with zero attached hydrogens (tertiary/aromatic N) is 2. The van der Waals surface area contributed by atoms with Crippen molar-refractivity contribution >= 4 is 28.9 Å². The average molecular weight is 249 g/mol. The van der Waals surface area contributed by atoms with E-state index in [2.05, 4.69) is 15.3 Å². The molecule has 0 spiro atoms. The lowest BCUT2D eigenvalue weighted by molar-refractivity contribution is 1.06. The second kappa shape index (κ2) is 5.01. The molecule has 1 aromatic heterocycles. The van der Waals surface area contributed by atoms with E-state index in [1.807, 2.05) is 31.2 Å². The summed E-state index contributed by atoms with van der Waals surface area (Å²) in [7, 11) is 0. The van der Waals surface area contributed by atoms with Crippen molar-refractivity contribution in [3.63, 3.8) is 0 Å². The number of halogens is 1. The van der Waals surface area contributed by atoms with Crippen LogP contribution in [0.15, 0.2) is 30.6 Å². The Balaban J connectivity index is 2.37. The van der Waals surface area contributed by atoms with Gasteiger partial charge >= 0.3 is 0 Å². The predicted molar refractivity (Wildman–Crippen MR) is 70.6 cm³/mol. The Morgan fingerprint density at radius 1 is 1.29 bits per heavy atom. The molecular weight excluding hydrogens is 236 g/mol. The Bertz CT molecular complexity index is 528. The molecule has 5 heteroatoms. The molecule has 2 rings (SSSR count). The quantitative estimate of drug-likeness (QED) is 0.876. The molecule has 1 aromatic carbocycles. The van der Waals surface area contributed by atoms with Gasteiger partial charge in [0.1, 0.15) is 18.0 Å². The van der Waals surface area contributed by atoms with E-state index >= 15 is 0 Å². The van der Waals surface area contributed by atoms with E-state index < -0.39 is 0 Å². The summed E-state index contributed by atoms with van der Waals surface area (Å²) in [5.74, 6) is 1.20. The van der Waals surface area contributed by atoms with Gasteiger partial charge in [0, 0.05) is 5.56 Å². The van der Waals surface area contributed by atoms with E-state index in [0.717, 1.165) is 17.7 Å². The summed E-state index contributed by atoms with van der Waals surface area (Å²) in [6.07, 6.45) is 2.20. The zero-order chi connectivity index (χ0) is 12.3. The van der Waals surface area contributed by atoms with Crippen LogP contribution in [0.3, 0.4) is 0 Å². The maximum absolute atomic E-state index is 6.07. The third-order valence-corrected chi connectivity index (χ3v) is 2.79. The van der Waals surface area contributed by atoms with E-state index in [9.17, 15) is 0 Å². The Hall–Kier alpha value is -1.81. The largest absolute Gasteiger partial charge is 0.383 e. The second-order valence-corrected chi connectivity index (χ2v) is 3.95. The van der Waals surface area contributed by atoms with E-state index in [1.54, 1.807) is 0 Å². The highest BCUT2D eigenvalue weighted by Gasteiger charge is 2.08. The van der Waals surface area contributed by atoms with Crippen molar-refractivity contribution in [2.75, 3.05) is 11.1 Å². The summed E-state index contributed by atoms with van der Waals surface area (Å²) in [5, 5.41) is 3.81. The van der Waals surface area contributed by atoms with Crippen LogP contribution in [0.5, 0.6) is 0 Å². The molecule has 0 saturated heterocycles. The maximum atomic E-state index is 6.07. The monoisotopic (exact) mass is 248 g/mol. The van der Waals surface area contributed by atoms with Gasteiger partial charge in [-0.15, -0.1) is 0 Å². The fourth-order valence-electron chi connectivity index (χ4n) is 1.57. The minimum atomic E-state index is 0.497. The van der Waals surface area contributed by atoms with Gasteiger partial charge in [0.25, 0.3) is 0 Å². The van der Waals surface area contributed by atoms with Crippen molar-refractivity contribution in [3.05, 3.63) is 41.2 Å². The summed E-state index contributed by atoms with van der Waals surface area (Å²) in [5.41, 5.74) is 7.50. The topological polar surface area (TPSA) is 63.8 Å². The lowest BCUT2D eigenvalue weighted by atomic mass is 10.2. The Morgan fingerprint density at radius 3 is 2.76 bits per heavy atom. The number of benzene rings is 1. The Labute approximate surface area is 105 Å². The van der Waals surface area contributed by atoms with E-state index in [1.165, 1.54) is 6.33 Å². The summed E-state index contributed by atoms with van der Waals surface area (Å²) in [6.45, 7) is 2.01. The van der Waals surface area contributed by atoms with Crippen LogP contribution in [0.1, 0.15) is 12.5 Å². The van der Waals surface area contributed by atoms with Crippen molar-refractivity contribution in [3.8, 4) is 0 Å². The Morgan fingerprint density at radius 2 is 2.06 bits per heavy atom. The smallest absolute Gasteiger partial charge is 0.139 e. The first-order valence-corrected chi connectivity index (χ1v) is 5.71. The molecule has 3 N–H and O–H groups in total. The molecule has 88 valence electrons. The number of rotatable bonds is 3. The number of nitrogen functional groups attached to an aromatic ring is 1. The lowest BCUT2D eigenvalue weighted by Crippen LogP contribution is -2.04. The highest BCUT2D eigenvalue weighted by molar-refractivity contribution is 6.33. The molecule has 0 aliphatic carbocycles. The molecule has 17 heavy (non-hydrogen) atoms. The van der Waals surface area contributed by atoms with Crippen LogP contribution in [-0.4, -0.2) is 9.97 Å². The lowest BCUT2D eigenvalue weighted by Gasteiger charge is -2.11. The van der Waals surface area contributed by atoms with Crippen LogP contribution in [0.25, 0.3) is 0 Å². The number of hydrogen-bond acceptors (Lipinski definition) is 4. The molecule has 2 aromatic rings. The summed E-state index contributed by atoms with van der Waals surface area (Å²) < 4.78 is 0. The van der Waals surface area contributed by atoms with E-state index in [4.69, 9.17) is 17.3 Å². The van der Waals surface area contributed by atoms with Crippen molar-refractivity contribution < 1.29 is 0 Å². The minimum absolute atomic E-state index is 0.497. The van der Waals surface area contributed by atoms with Crippen LogP contribution >= 0.6 is 11.6 Å². The zero-order valence-corrected chi connectivity index (χ0v) is 10.2. The summed E-state index contributed by atoms with van der Waals surface area (Å²) in [4.78, 5) is 8.15. The molecule has 0 radical (unpaired) electrons. The van der Waals surface area contributed by atoms with Gasteiger partial charge in [-0.2, -0.15) is 0 Å². The van der Waals surface area contributed by atoms with Gasteiger partial charge in [0.2, 0.25) is 0 Å². The highest BCUT2D eigenvalue weighted by atomic mass is 35.5. The van der Waals surface area contributed by atoms with Gasteiger partial charge in [0.15, 0.2) is 0 Å². The van der Waals surface area contributed by atoms with Gasteiger partial charge in [-0.1, -0.05) is 30.7 Å². The molecule has 0 saturated carbocycles. The molecule has 0 aliphatic rings. The van der Waals surface area contributed by atoms with Crippen molar-refractivity contribution in [1.82, 2.24) is 9.97 Å². The zero-order valence-electron chi connectivity index (χ0n) is 9.44. The van der Waals surface area contributed by atoms with Gasteiger partial charge in [-0.05, 0) is 18.6 Å². The van der Waals surface area contributed by atoms with Gasteiger partial charge in [-0.25, -0.2) is 9.97 Å². The van der Waals surface area contributed by atoms with Crippen LogP contribution in [0.4, 0.5) is 17.3 Å². The average Bonchev–Trinajstić information content (AvgIpc) is 2.32. The minimum Gasteiger partial charge on any atom is -0.383 e. The predicted octanol–water partition coefficient (Wildman–Crippen LogP) is 3.02. The molecule has 0 fully saturated rings. The third kappa shape index (κ3) is 2.47. The number of nitrogens with one attached hydrogen (secondary N) is 1. The number of aromatic nitrogens is 2. The summed E-state index contributed by atoms with van der Waals surface area (Å²) in [6, 6.07) is 7.49. The molecule has 1 heterocycles. The molecule has 0 aliphatic heterocycles. The fraction of sp³-hybridized carbons (Fsp3) is 0.167. The van der Waals surface area contributed by atoms with Crippen molar-refractivity contribution in [1.29, 1.82) is 0 Å². The van der Waals surface area contributed by atoms with Crippen molar-refractivity contribution in [2.45, 2.75) is 13.3 Å². The number of anilines is 3. The van der Waals surface area contributed by atoms with Gasteiger partial charge in [0.05, 0.1) is 10.7 Å². The van der Waals surface area contributed by atoms with E-state index in [-0.39, 0.29) is 0 Å². The Kier molecular flexibility index (Phi) is 3.44. The normalized spacial score (nSPS) is 10.2. The molecule has 0 atom stereocenters. The number of para-hydroxylation sites is 1. The first-order valence-electron chi connectivity index (χ1n) is 5.33. The van der Waals surface area contributed by atoms with E-state index in [0.29, 0.717) is 16.7 Å². The van der Waals surface area contributed by atoms with Crippen LogP contribution < -0.4 is 11.1 Å².